The van der Waals surface area contributed by atoms with E-state index in [0.717, 1.165) is 59.6 Å². The van der Waals surface area contributed by atoms with E-state index in [1.807, 2.05) is 0 Å². The van der Waals surface area contributed by atoms with Crippen molar-refractivity contribution in [1.82, 2.24) is 20.2 Å². The molecule has 1 aliphatic carbocycles. The number of tetrazole rings is 1. The van der Waals surface area contributed by atoms with E-state index in [4.69, 9.17) is 4.74 Å². The summed E-state index contributed by atoms with van der Waals surface area (Å²) < 4.78 is 88.1. The molecule has 13 heteroatoms. The van der Waals surface area contributed by atoms with Crippen LogP contribution in [0.2, 0.25) is 0 Å². The lowest BCUT2D eigenvalue weighted by Crippen LogP contribution is -2.34. The highest BCUT2D eigenvalue weighted by Crippen LogP contribution is 2.45. The van der Waals surface area contributed by atoms with Gasteiger partial charge < -0.3 is 14.5 Å². The Labute approximate surface area is 239 Å². The van der Waals surface area contributed by atoms with E-state index >= 15 is 0 Å². The van der Waals surface area contributed by atoms with Crippen LogP contribution in [0, 0.1) is 12.8 Å². The zero-order chi connectivity index (χ0) is 29.8. The Kier molecular flexibility index (Phi) is 7.35. The summed E-state index contributed by atoms with van der Waals surface area (Å²) in [6.45, 7) is 4.48. The highest BCUT2D eigenvalue weighted by atomic mass is 19.4. The Morgan fingerprint density at radius 2 is 1.67 bits per heavy atom. The number of halogens is 6. The van der Waals surface area contributed by atoms with E-state index in [0.29, 0.717) is 25.6 Å². The molecule has 7 nitrogen and oxygen atoms in total. The molecule has 0 amide bonds. The van der Waals surface area contributed by atoms with Crippen LogP contribution in [-0.2, 0) is 43.9 Å². The normalized spacial score (nSPS) is 19.3. The number of aromatic nitrogens is 4. The summed E-state index contributed by atoms with van der Waals surface area (Å²) in [6, 6.07) is 3.40. The van der Waals surface area contributed by atoms with Gasteiger partial charge in [0.25, 0.3) is 5.95 Å². The third kappa shape index (κ3) is 5.55. The van der Waals surface area contributed by atoms with Crippen molar-refractivity contribution in [3.05, 3.63) is 63.2 Å². The standard InChI is InChI=1S/C29H32F6N6O/c1-17-24-16-42-15-20(24)11-23-25(7-4-8-40(26(17)23)13-18-5-3-6-18)41(27-36-38-39(2)37-27)14-19-9-21(28(30,31)32)12-22(10-19)29(33,34)35/h9-12,18,25H,3-8,13-16H2,1-2H3. The van der Waals surface area contributed by atoms with Crippen molar-refractivity contribution in [3.8, 4) is 0 Å². The number of anilines is 2. The lowest BCUT2D eigenvalue weighted by Gasteiger charge is -2.37. The van der Waals surface area contributed by atoms with Gasteiger partial charge in [-0.25, -0.2) is 0 Å². The summed E-state index contributed by atoms with van der Waals surface area (Å²) in [4.78, 5) is 5.36. The number of fused-ring (bicyclic) bond motifs is 2. The minimum absolute atomic E-state index is 0.136. The van der Waals surface area contributed by atoms with Crippen LogP contribution in [0.25, 0.3) is 0 Å². The van der Waals surface area contributed by atoms with Crippen LogP contribution in [0.15, 0.2) is 24.3 Å². The first-order valence-corrected chi connectivity index (χ1v) is 14.2. The number of hydrogen-bond acceptors (Lipinski definition) is 6. The van der Waals surface area contributed by atoms with E-state index in [1.54, 1.807) is 11.9 Å². The molecule has 1 unspecified atom stereocenters. The maximum absolute atomic E-state index is 13.7. The van der Waals surface area contributed by atoms with Gasteiger partial charge in [-0.2, -0.15) is 31.1 Å². The lowest BCUT2D eigenvalue weighted by molar-refractivity contribution is -0.143. The van der Waals surface area contributed by atoms with Crippen molar-refractivity contribution < 1.29 is 31.1 Å². The molecule has 42 heavy (non-hydrogen) atoms. The minimum Gasteiger partial charge on any atom is -0.372 e. The first-order valence-electron chi connectivity index (χ1n) is 14.2. The van der Waals surface area contributed by atoms with Crippen molar-refractivity contribution in [2.45, 2.75) is 77.2 Å². The first-order chi connectivity index (χ1) is 19.9. The molecule has 1 atom stereocenters. The number of benzene rings is 2. The zero-order valence-corrected chi connectivity index (χ0v) is 23.4. The van der Waals surface area contributed by atoms with Gasteiger partial charge in [0.1, 0.15) is 0 Å². The summed E-state index contributed by atoms with van der Waals surface area (Å²) in [7, 11) is 1.57. The third-order valence-corrected chi connectivity index (χ3v) is 8.72. The van der Waals surface area contributed by atoms with Gasteiger partial charge in [-0.3, -0.25) is 0 Å². The second kappa shape index (κ2) is 10.7. The highest BCUT2D eigenvalue weighted by molar-refractivity contribution is 5.67. The molecule has 0 saturated heterocycles. The SMILES string of the molecule is Cc1c2c(cc3c1N(CC1CCC1)CCCC3N(Cc1cc(C(F)(F)F)cc(C(F)(F)F)c1)c1nnn(C)n1)COC2. The molecular formula is C29H32F6N6O. The zero-order valence-electron chi connectivity index (χ0n) is 23.4. The van der Waals surface area contributed by atoms with E-state index in [9.17, 15) is 26.3 Å². The fraction of sp³-hybridized carbons (Fsp3) is 0.552. The summed E-state index contributed by atoms with van der Waals surface area (Å²) in [5.74, 6) is 0.739. The monoisotopic (exact) mass is 594 g/mol. The largest absolute Gasteiger partial charge is 0.416 e. The maximum Gasteiger partial charge on any atom is 0.416 e. The smallest absolute Gasteiger partial charge is 0.372 e. The van der Waals surface area contributed by atoms with Crippen LogP contribution in [0.3, 0.4) is 0 Å². The predicted molar refractivity (Wildman–Crippen MR) is 143 cm³/mol. The topological polar surface area (TPSA) is 59.3 Å². The second-order valence-corrected chi connectivity index (χ2v) is 11.6. The van der Waals surface area contributed by atoms with Gasteiger partial charge in [-0.1, -0.05) is 11.5 Å². The molecule has 226 valence electrons. The molecule has 1 saturated carbocycles. The van der Waals surface area contributed by atoms with E-state index in [2.05, 4.69) is 33.3 Å². The molecule has 2 aromatic carbocycles. The fourth-order valence-corrected chi connectivity index (χ4v) is 6.46. The molecule has 2 aliphatic heterocycles. The number of nitrogens with zero attached hydrogens (tertiary/aromatic N) is 6. The lowest BCUT2D eigenvalue weighted by atomic mass is 9.84. The highest BCUT2D eigenvalue weighted by Gasteiger charge is 2.39. The predicted octanol–water partition coefficient (Wildman–Crippen LogP) is 6.73. The summed E-state index contributed by atoms with van der Waals surface area (Å²) in [6.07, 6.45) is -4.94. The molecule has 0 spiro atoms. The Hall–Kier alpha value is -3.35. The van der Waals surface area contributed by atoms with Gasteiger partial charge in [0, 0.05) is 25.3 Å². The fourth-order valence-electron chi connectivity index (χ4n) is 6.46. The van der Waals surface area contributed by atoms with Crippen molar-refractivity contribution >= 4 is 11.6 Å². The number of hydrogen-bond donors (Lipinski definition) is 0. The first kappa shape index (κ1) is 28.8. The van der Waals surface area contributed by atoms with Gasteiger partial charge in [0.05, 0.1) is 37.4 Å². The molecule has 1 fully saturated rings. The van der Waals surface area contributed by atoms with Crippen molar-refractivity contribution in [2.75, 3.05) is 22.9 Å². The molecule has 0 bridgehead atoms. The molecular weight excluding hydrogens is 562 g/mol. The Balaban J connectivity index is 1.48. The van der Waals surface area contributed by atoms with Crippen molar-refractivity contribution in [1.29, 1.82) is 0 Å². The number of rotatable bonds is 6. The van der Waals surface area contributed by atoms with Crippen molar-refractivity contribution in [2.24, 2.45) is 13.0 Å². The average molecular weight is 595 g/mol. The van der Waals surface area contributed by atoms with E-state index < -0.39 is 29.5 Å². The van der Waals surface area contributed by atoms with Gasteiger partial charge in [-0.05, 0) is 95.8 Å². The summed E-state index contributed by atoms with van der Waals surface area (Å²) >= 11 is 0. The Morgan fingerprint density at radius 3 is 2.26 bits per heavy atom. The number of ether oxygens (including phenoxy) is 1. The molecule has 6 rings (SSSR count). The van der Waals surface area contributed by atoms with E-state index in [-0.39, 0.29) is 24.1 Å². The van der Waals surface area contributed by atoms with Crippen LogP contribution in [0.1, 0.15) is 77.1 Å². The average Bonchev–Trinajstić information content (AvgIpc) is 3.50. The summed E-state index contributed by atoms with van der Waals surface area (Å²) in [5.41, 5.74) is 2.50. The number of aryl methyl sites for hydroxylation is 1. The van der Waals surface area contributed by atoms with Gasteiger partial charge in [0.2, 0.25) is 0 Å². The molecule has 1 aromatic heterocycles. The van der Waals surface area contributed by atoms with Crippen LogP contribution in [0.5, 0.6) is 0 Å². The molecule has 0 N–H and O–H groups in total. The Morgan fingerprint density at radius 1 is 0.952 bits per heavy atom. The molecule has 3 heterocycles. The van der Waals surface area contributed by atoms with Gasteiger partial charge in [-0.15, -0.1) is 5.10 Å². The molecule has 0 radical (unpaired) electrons. The number of alkyl halides is 6. The summed E-state index contributed by atoms with van der Waals surface area (Å²) in [5, 5.41) is 12.5. The van der Waals surface area contributed by atoms with Gasteiger partial charge >= 0.3 is 12.4 Å². The van der Waals surface area contributed by atoms with Crippen LogP contribution < -0.4 is 9.80 Å². The minimum atomic E-state index is -4.94. The maximum atomic E-state index is 13.7. The Bertz CT molecular complexity index is 1430. The van der Waals surface area contributed by atoms with E-state index in [1.165, 1.54) is 24.1 Å². The van der Waals surface area contributed by atoms with Crippen molar-refractivity contribution in [3.63, 3.8) is 0 Å². The quantitative estimate of drug-likeness (QED) is 0.295. The second-order valence-electron chi connectivity index (χ2n) is 11.6. The molecule has 3 aliphatic rings. The van der Waals surface area contributed by atoms with Crippen LogP contribution >= 0.6 is 0 Å². The molecule has 3 aromatic rings. The van der Waals surface area contributed by atoms with Crippen LogP contribution in [0.4, 0.5) is 38.0 Å². The third-order valence-electron chi connectivity index (χ3n) is 8.72. The van der Waals surface area contributed by atoms with Gasteiger partial charge in [0.15, 0.2) is 0 Å². The van der Waals surface area contributed by atoms with Crippen LogP contribution in [-0.4, -0.2) is 33.3 Å².